The molecule has 0 spiro atoms. The molecule has 0 aliphatic heterocycles. The van der Waals surface area contributed by atoms with Crippen LogP contribution in [0.2, 0.25) is 0 Å². The van der Waals surface area contributed by atoms with Crippen molar-refractivity contribution in [3.63, 3.8) is 0 Å². The van der Waals surface area contributed by atoms with Gasteiger partial charge in [-0.2, -0.15) is 11.8 Å². The summed E-state index contributed by atoms with van der Waals surface area (Å²) in [6, 6.07) is 0.549. The summed E-state index contributed by atoms with van der Waals surface area (Å²) in [6.07, 6.45) is 6.86. The molecule has 1 fully saturated rings. The molecule has 22 heavy (non-hydrogen) atoms. The van der Waals surface area contributed by atoms with Gasteiger partial charge < -0.3 is 15.2 Å². The van der Waals surface area contributed by atoms with Gasteiger partial charge in [-0.25, -0.2) is 0 Å². The molecule has 2 N–H and O–H groups in total. The van der Waals surface area contributed by atoms with E-state index >= 15 is 0 Å². The summed E-state index contributed by atoms with van der Waals surface area (Å²) in [5, 5.41) is 11.7. The molecule has 1 aliphatic rings. The van der Waals surface area contributed by atoms with E-state index in [1.165, 1.54) is 24.8 Å². The first-order chi connectivity index (χ1) is 10.1. The van der Waals surface area contributed by atoms with Crippen LogP contribution in [0.4, 0.5) is 0 Å². The Morgan fingerprint density at radius 3 is 2.73 bits per heavy atom. The lowest BCUT2D eigenvalue weighted by atomic mass is 10.1. The molecule has 5 nitrogen and oxygen atoms in total. The number of guanidine groups is 1. The van der Waals surface area contributed by atoms with Crippen LogP contribution in [-0.4, -0.2) is 42.3 Å². The van der Waals surface area contributed by atoms with E-state index in [1.54, 1.807) is 0 Å². The second-order valence-corrected chi connectivity index (χ2v) is 6.70. The molecule has 1 heterocycles. The van der Waals surface area contributed by atoms with Crippen molar-refractivity contribution in [1.29, 1.82) is 0 Å². The third kappa shape index (κ3) is 5.33. The van der Waals surface area contributed by atoms with Gasteiger partial charge in [-0.15, -0.1) is 24.0 Å². The van der Waals surface area contributed by atoms with E-state index in [4.69, 9.17) is 4.52 Å². The monoisotopic (exact) mass is 438 g/mol. The number of aryl methyl sites for hydroxylation is 2. The summed E-state index contributed by atoms with van der Waals surface area (Å²) in [6.45, 7) is 4.78. The standard InChI is InChI=1S/C15H26N4OS.HI/c1-10-14(11(2)20-19-10)7-8-17-15(16-3)18-12-5-6-13(9-12)21-4;/h12-13H,5-9H2,1-4H3,(H2,16,17,18);1H. The van der Waals surface area contributed by atoms with Crippen molar-refractivity contribution >= 4 is 41.7 Å². The average Bonchev–Trinajstić information content (AvgIpc) is 3.06. The van der Waals surface area contributed by atoms with E-state index in [2.05, 4.69) is 27.0 Å². The maximum Gasteiger partial charge on any atom is 0.191 e. The van der Waals surface area contributed by atoms with Gasteiger partial charge in [0.2, 0.25) is 0 Å². The van der Waals surface area contributed by atoms with E-state index < -0.39 is 0 Å². The molecule has 0 aromatic carbocycles. The van der Waals surface area contributed by atoms with Crippen molar-refractivity contribution < 1.29 is 4.52 Å². The van der Waals surface area contributed by atoms with E-state index in [9.17, 15) is 0 Å². The first-order valence-corrected chi connectivity index (χ1v) is 8.84. The molecular formula is C15H27IN4OS. The topological polar surface area (TPSA) is 62.5 Å². The molecule has 0 saturated heterocycles. The molecule has 1 aromatic heterocycles. The highest BCUT2D eigenvalue weighted by Gasteiger charge is 2.24. The number of rotatable bonds is 5. The van der Waals surface area contributed by atoms with Gasteiger partial charge in [0.1, 0.15) is 5.76 Å². The molecule has 2 rings (SSSR count). The number of hydrogen-bond acceptors (Lipinski definition) is 4. The van der Waals surface area contributed by atoms with Crippen LogP contribution in [0.3, 0.4) is 0 Å². The van der Waals surface area contributed by atoms with E-state index in [0.29, 0.717) is 6.04 Å². The maximum atomic E-state index is 5.18. The van der Waals surface area contributed by atoms with Crippen molar-refractivity contribution in [3.05, 3.63) is 17.0 Å². The predicted octanol–water partition coefficient (Wildman–Crippen LogP) is 2.90. The summed E-state index contributed by atoms with van der Waals surface area (Å²) >= 11 is 1.97. The minimum Gasteiger partial charge on any atom is -0.361 e. The zero-order valence-corrected chi connectivity index (χ0v) is 17.0. The molecule has 2 unspecified atom stereocenters. The smallest absolute Gasteiger partial charge is 0.191 e. The molecular weight excluding hydrogens is 411 g/mol. The van der Waals surface area contributed by atoms with Crippen molar-refractivity contribution in [2.75, 3.05) is 19.8 Å². The van der Waals surface area contributed by atoms with Crippen LogP contribution in [0.15, 0.2) is 9.52 Å². The number of thioether (sulfide) groups is 1. The zero-order chi connectivity index (χ0) is 15.2. The third-order valence-corrected chi connectivity index (χ3v) is 5.23. The van der Waals surface area contributed by atoms with Gasteiger partial charge >= 0.3 is 0 Å². The van der Waals surface area contributed by atoms with E-state index in [1.807, 2.05) is 32.7 Å². The number of aliphatic imine (C=N–C) groups is 1. The third-order valence-electron chi connectivity index (χ3n) is 4.13. The quantitative estimate of drug-likeness (QED) is 0.421. The van der Waals surface area contributed by atoms with Gasteiger partial charge in [0.05, 0.1) is 5.69 Å². The van der Waals surface area contributed by atoms with Crippen LogP contribution in [0.5, 0.6) is 0 Å². The van der Waals surface area contributed by atoms with Crippen molar-refractivity contribution in [3.8, 4) is 0 Å². The molecule has 2 atom stereocenters. The van der Waals surface area contributed by atoms with Gasteiger partial charge in [0, 0.05) is 30.4 Å². The maximum absolute atomic E-state index is 5.18. The van der Waals surface area contributed by atoms with E-state index in [0.717, 1.165) is 35.6 Å². The summed E-state index contributed by atoms with van der Waals surface area (Å²) < 4.78 is 5.18. The number of nitrogens with one attached hydrogen (secondary N) is 2. The highest BCUT2D eigenvalue weighted by molar-refractivity contribution is 14.0. The Hall–Kier alpha value is -0.440. The van der Waals surface area contributed by atoms with Gasteiger partial charge in [0.25, 0.3) is 0 Å². The van der Waals surface area contributed by atoms with Crippen LogP contribution >= 0.6 is 35.7 Å². The highest BCUT2D eigenvalue weighted by Crippen LogP contribution is 2.27. The second kappa shape index (κ2) is 9.64. The predicted molar refractivity (Wildman–Crippen MR) is 105 cm³/mol. The molecule has 1 saturated carbocycles. The molecule has 0 amide bonds. The number of aromatic nitrogens is 1. The Bertz CT molecular complexity index is 472. The number of hydrogen-bond donors (Lipinski definition) is 2. The first-order valence-electron chi connectivity index (χ1n) is 7.55. The van der Waals surface area contributed by atoms with E-state index in [-0.39, 0.29) is 24.0 Å². The Kier molecular flexibility index (Phi) is 8.59. The van der Waals surface area contributed by atoms with Gasteiger partial charge in [0.15, 0.2) is 5.96 Å². The zero-order valence-electron chi connectivity index (χ0n) is 13.8. The summed E-state index contributed by atoms with van der Waals surface area (Å²) in [4.78, 5) is 4.31. The molecule has 126 valence electrons. The van der Waals surface area contributed by atoms with Crippen LogP contribution in [-0.2, 0) is 6.42 Å². The first kappa shape index (κ1) is 19.6. The fourth-order valence-corrected chi connectivity index (χ4v) is 3.63. The molecule has 0 bridgehead atoms. The molecule has 1 aliphatic carbocycles. The van der Waals surface area contributed by atoms with Crippen LogP contribution in [0.1, 0.15) is 36.3 Å². The lowest BCUT2D eigenvalue weighted by Gasteiger charge is -2.17. The Labute approximate surface area is 154 Å². The lowest BCUT2D eigenvalue weighted by Crippen LogP contribution is -2.43. The summed E-state index contributed by atoms with van der Waals surface area (Å²) in [5.41, 5.74) is 2.18. The molecule has 1 aromatic rings. The van der Waals surface area contributed by atoms with Crippen molar-refractivity contribution in [1.82, 2.24) is 15.8 Å². The Balaban J connectivity index is 0.00000242. The minimum atomic E-state index is 0. The van der Waals surface area contributed by atoms with Crippen LogP contribution in [0, 0.1) is 13.8 Å². The van der Waals surface area contributed by atoms with Crippen molar-refractivity contribution in [2.24, 2.45) is 4.99 Å². The van der Waals surface area contributed by atoms with Gasteiger partial charge in [-0.3, -0.25) is 4.99 Å². The fraction of sp³-hybridized carbons (Fsp3) is 0.733. The summed E-state index contributed by atoms with van der Waals surface area (Å²) in [7, 11) is 1.83. The number of nitrogens with zero attached hydrogens (tertiary/aromatic N) is 2. The highest BCUT2D eigenvalue weighted by atomic mass is 127. The van der Waals surface area contributed by atoms with Gasteiger partial charge in [-0.1, -0.05) is 5.16 Å². The second-order valence-electron chi connectivity index (χ2n) is 5.56. The largest absolute Gasteiger partial charge is 0.361 e. The average molecular weight is 438 g/mol. The Morgan fingerprint density at radius 2 is 2.18 bits per heavy atom. The number of halogens is 1. The van der Waals surface area contributed by atoms with Crippen LogP contribution in [0.25, 0.3) is 0 Å². The fourth-order valence-electron chi connectivity index (χ4n) is 2.84. The van der Waals surface area contributed by atoms with Crippen molar-refractivity contribution in [2.45, 2.75) is 50.8 Å². The van der Waals surface area contributed by atoms with Gasteiger partial charge in [-0.05, 0) is 45.8 Å². The molecule has 0 radical (unpaired) electrons. The Morgan fingerprint density at radius 1 is 1.41 bits per heavy atom. The summed E-state index contributed by atoms with van der Waals surface area (Å²) in [5.74, 6) is 1.81. The minimum absolute atomic E-state index is 0. The lowest BCUT2D eigenvalue weighted by molar-refractivity contribution is 0.392. The molecule has 7 heteroatoms. The normalized spacial score (nSPS) is 21.5. The SMILES string of the molecule is CN=C(NCCc1c(C)noc1C)NC1CCC(SC)C1.I. The van der Waals surface area contributed by atoms with Crippen LogP contribution < -0.4 is 10.6 Å².